The maximum Gasteiger partial charge on any atom is 0.216 e. The number of anilines is 1. The van der Waals surface area contributed by atoms with Gasteiger partial charge in [0.15, 0.2) is 0 Å². The highest BCUT2D eigenvalue weighted by molar-refractivity contribution is 7.90. The molecule has 1 aliphatic rings. The van der Waals surface area contributed by atoms with E-state index in [0.29, 0.717) is 12.5 Å². The standard InChI is InChI=1S/C19H32N2O3S/c1-5-24-18-8-6-7-17(13-18)20-14-15-9-11-16(12-10-15)21-25(22,23)19(2,3)4/h6-8,13,15-16,20-21H,5,9-12,14H2,1-4H3/t15-,16-. The molecule has 0 amide bonds. The minimum absolute atomic E-state index is 0.0711. The molecule has 142 valence electrons. The van der Waals surface area contributed by atoms with E-state index in [-0.39, 0.29) is 6.04 Å². The molecule has 2 N–H and O–H groups in total. The van der Waals surface area contributed by atoms with Crippen molar-refractivity contribution in [3.8, 4) is 5.75 Å². The zero-order chi connectivity index (χ0) is 18.5. The molecule has 1 aliphatic carbocycles. The van der Waals surface area contributed by atoms with Crippen LogP contribution >= 0.6 is 0 Å². The van der Waals surface area contributed by atoms with Gasteiger partial charge in [-0.3, -0.25) is 0 Å². The van der Waals surface area contributed by atoms with Crippen LogP contribution < -0.4 is 14.8 Å². The fourth-order valence-electron chi connectivity index (χ4n) is 3.01. The van der Waals surface area contributed by atoms with E-state index in [1.54, 1.807) is 20.8 Å². The first-order valence-electron chi connectivity index (χ1n) is 9.20. The van der Waals surface area contributed by atoms with Crippen LogP contribution in [0.2, 0.25) is 0 Å². The maximum atomic E-state index is 12.3. The average molecular weight is 369 g/mol. The van der Waals surface area contributed by atoms with Crippen LogP contribution in [0.5, 0.6) is 5.75 Å². The second kappa shape index (κ2) is 8.41. The van der Waals surface area contributed by atoms with Crippen LogP contribution in [0.4, 0.5) is 5.69 Å². The highest BCUT2D eigenvalue weighted by Gasteiger charge is 2.32. The summed E-state index contributed by atoms with van der Waals surface area (Å²) in [5.74, 6) is 1.46. The quantitative estimate of drug-likeness (QED) is 0.769. The van der Waals surface area contributed by atoms with Crippen molar-refractivity contribution in [1.29, 1.82) is 0 Å². The molecule has 0 atom stereocenters. The van der Waals surface area contributed by atoms with E-state index in [2.05, 4.69) is 10.0 Å². The molecule has 1 fully saturated rings. The minimum atomic E-state index is -3.26. The summed E-state index contributed by atoms with van der Waals surface area (Å²) in [6.07, 6.45) is 3.88. The zero-order valence-corrected chi connectivity index (χ0v) is 16.7. The third-order valence-corrected chi connectivity index (χ3v) is 6.97. The molecule has 6 heteroatoms. The normalized spacial score (nSPS) is 21.8. The first-order valence-corrected chi connectivity index (χ1v) is 10.7. The summed E-state index contributed by atoms with van der Waals surface area (Å²) in [5, 5.41) is 3.48. The van der Waals surface area contributed by atoms with E-state index >= 15 is 0 Å². The summed E-state index contributed by atoms with van der Waals surface area (Å²) in [6.45, 7) is 8.77. The van der Waals surface area contributed by atoms with Gasteiger partial charge in [-0.25, -0.2) is 13.1 Å². The smallest absolute Gasteiger partial charge is 0.216 e. The number of ether oxygens (including phenoxy) is 1. The lowest BCUT2D eigenvalue weighted by Crippen LogP contribution is -2.46. The Bertz CT molecular complexity index is 645. The molecule has 0 radical (unpaired) electrons. The van der Waals surface area contributed by atoms with Crippen molar-refractivity contribution >= 4 is 15.7 Å². The maximum absolute atomic E-state index is 12.3. The largest absolute Gasteiger partial charge is 0.494 e. The summed E-state index contributed by atoms with van der Waals surface area (Å²) in [6, 6.07) is 8.09. The minimum Gasteiger partial charge on any atom is -0.494 e. The topological polar surface area (TPSA) is 67.4 Å². The van der Waals surface area contributed by atoms with Crippen LogP contribution in [0.15, 0.2) is 24.3 Å². The lowest BCUT2D eigenvalue weighted by atomic mass is 9.86. The van der Waals surface area contributed by atoms with Gasteiger partial charge < -0.3 is 10.1 Å². The molecule has 0 bridgehead atoms. The number of benzene rings is 1. The summed E-state index contributed by atoms with van der Waals surface area (Å²) in [4.78, 5) is 0. The van der Waals surface area contributed by atoms with Crippen molar-refractivity contribution < 1.29 is 13.2 Å². The van der Waals surface area contributed by atoms with Crippen molar-refractivity contribution in [2.24, 2.45) is 5.92 Å². The van der Waals surface area contributed by atoms with E-state index in [4.69, 9.17) is 4.74 Å². The highest BCUT2D eigenvalue weighted by atomic mass is 32.2. The Kier molecular flexibility index (Phi) is 6.74. The first-order chi connectivity index (χ1) is 11.7. The van der Waals surface area contributed by atoms with Gasteiger partial charge in [0.2, 0.25) is 10.0 Å². The number of rotatable bonds is 7. The Morgan fingerprint density at radius 2 is 1.84 bits per heavy atom. The molecule has 5 nitrogen and oxygen atoms in total. The first kappa shape index (κ1) is 20.0. The number of hydrogen-bond donors (Lipinski definition) is 2. The van der Waals surface area contributed by atoms with Gasteiger partial charge >= 0.3 is 0 Å². The Labute approximate surface area is 152 Å². The molecule has 1 aromatic carbocycles. The molecule has 25 heavy (non-hydrogen) atoms. The molecule has 0 saturated heterocycles. The predicted molar refractivity (Wildman–Crippen MR) is 104 cm³/mol. The number of sulfonamides is 1. The highest BCUT2D eigenvalue weighted by Crippen LogP contribution is 2.27. The van der Waals surface area contributed by atoms with Crippen molar-refractivity contribution in [3.05, 3.63) is 24.3 Å². The molecule has 0 heterocycles. The van der Waals surface area contributed by atoms with Gasteiger partial charge in [-0.15, -0.1) is 0 Å². The summed E-state index contributed by atoms with van der Waals surface area (Å²) in [7, 11) is -3.26. The van der Waals surface area contributed by atoms with E-state index in [1.165, 1.54) is 0 Å². The van der Waals surface area contributed by atoms with Crippen LogP contribution in [-0.4, -0.2) is 32.4 Å². The molecule has 1 aromatic rings. The SMILES string of the molecule is CCOc1cccc(NC[C@H]2CC[C@H](NS(=O)(=O)C(C)(C)C)CC2)c1. The van der Waals surface area contributed by atoms with Crippen LogP contribution in [-0.2, 0) is 10.0 Å². The molecule has 0 aliphatic heterocycles. The van der Waals surface area contributed by atoms with Gasteiger partial charge in [-0.2, -0.15) is 0 Å². The van der Waals surface area contributed by atoms with Crippen LogP contribution in [0.1, 0.15) is 53.4 Å². The van der Waals surface area contributed by atoms with Crippen LogP contribution in [0.25, 0.3) is 0 Å². The second-order valence-corrected chi connectivity index (χ2v) is 10.3. The Morgan fingerprint density at radius 1 is 1.16 bits per heavy atom. The lowest BCUT2D eigenvalue weighted by molar-refractivity contribution is 0.322. The fraction of sp³-hybridized carbons (Fsp3) is 0.684. The molecule has 0 aromatic heterocycles. The third-order valence-electron chi connectivity index (χ3n) is 4.71. The lowest BCUT2D eigenvalue weighted by Gasteiger charge is -2.31. The third kappa shape index (κ3) is 5.89. The van der Waals surface area contributed by atoms with E-state index in [0.717, 1.165) is 43.7 Å². The van der Waals surface area contributed by atoms with Crippen LogP contribution in [0.3, 0.4) is 0 Å². The average Bonchev–Trinajstić information content (AvgIpc) is 2.53. The van der Waals surface area contributed by atoms with E-state index in [1.807, 2.05) is 31.2 Å². The predicted octanol–water partition coefficient (Wildman–Crippen LogP) is 3.77. The molecule has 0 unspecified atom stereocenters. The van der Waals surface area contributed by atoms with Gasteiger partial charge in [-0.1, -0.05) is 6.07 Å². The van der Waals surface area contributed by atoms with Gasteiger partial charge in [0.05, 0.1) is 11.4 Å². The van der Waals surface area contributed by atoms with E-state index in [9.17, 15) is 8.42 Å². The summed E-state index contributed by atoms with van der Waals surface area (Å²) in [5.41, 5.74) is 1.07. The number of hydrogen-bond acceptors (Lipinski definition) is 4. The van der Waals surface area contributed by atoms with E-state index < -0.39 is 14.8 Å². The molecular formula is C19H32N2O3S. The fourth-order valence-corrected chi connectivity index (χ4v) is 4.03. The van der Waals surface area contributed by atoms with Crippen molar-refractivity contribution in [2.75, 3.05) is 18.5 Å². The van der Waals surface area contributed by atoms with Gasteiger partial charge in [0.1, 0.15) is 5.75 Å². The van der Waals surface area contributed by atoms with Crippen molar-refractivity contribution in [3.63, 3.8) is 0 Å². The Morgan fingerprint density at radius 3 is 2.44 bits per heavy atom. The molecule has 1 saturated carbocycles. The van der Waals surface area contributed by atoms with Crippen LogP contribution in [0, 0.1) is 5.92 Å². The summed E-state index contributed by atoms with van der Waals surface area (Å²) >= 11 is 0. The van der Waals surface area contributed by atoms with Gasteiger partial charge in [-0.05, 0) is 71.4 Å². The van der Waals surface area contributed by atoms with Gasteiger partial charge in [0.25, 0.3) is 0 Å². The molecular weight excluding hydrogens is 336 g/mol. The van der Waals surface area contributed by atoms with Crippen molar-refractivity contribution in [1.82, 2.24) is 4.72 Å². The Balaban J connectivity index is 1.78. The Hall–Kier alpha value is -1.27. The number of nitrogens with one attached hydrogen (secondary N) is 2. The van der Waals surface area contributed by atoms with Gasteiger partial charge in [0, 0.05) is 24.3 Å². The monoisotopic (exact) mass is 368 g/mol. The summed E-state index contributed by atoms with van der Waals surface area (Å²) < 4.78 is 32.2. The second-order valence-electron chi connectivity index (χ2n) is 7.79. The molecule has 0 spiro atoms. The molecule has 2 rings (SSSR count). The zero-order valence-electron chi connectivity index (χ0n) is 15.8. The van der Waals surface area contributed by atoms with Crippen molar-refractivity contribution in [2.45, 2.75) is 64.2 Å².